The molecule has 20 heavy (non-hydrogen) atoms. The SMILES string of the molecule is CN(CC1CCCOC1)C(CN)CC(=O)N1CCCC1. The zero-order valence-corrected chi connectivity index (χ0v) is 12.7. The van der Waals surface area contributed by atoms with E-state index in [1.165, 1.54) is 6.42 Å². The lowest BCUT2D eigenvalue weighted by molar-refractivity contribution is -0.131. The van der Waals surface area contributed by atoms with Gasteiger partial charge in [-0.3, -0.25) is 4.79 Å². The second-order valence-electron chi connectivity index (χ2n) is 6.20. The van der Waals surface area contributed by atoms with Crippen molar-refractivity contribution in [3.8, 4) is 0 Å². The zero-order valence-electron chi connectivity index (χ0n) is 12.7. The molecular weight excluding hydrogens is 254 g/mol. The van der Waals surface area contributed by atoms with Crippen molar-refractivity contribution >= 4 is 5.91 Å². The number of likely N-dealkylation sites (N-methyl/N-ethyl adjacent to an activating group) is 1. The molecule has 0 bridgehead atoms. The van der Waals surface area contributed by atoms with Crippen LogP contribution in [0.3, 0.4) is 0 Å². The molecule has 5 heteroatoms. The first-order valence-electron chi connectivity index (χ1n) is 7.96. The van der Waals surface area contributed by atoms with Crippen molar-refractivity contribution in [2.45, 2.75) is 38.1 Å². The van der Waals surface area contributed by atoms with Crippen LogP contribution in [0.5, 0.6) is 0 Å². The minimum absolute atomic E-state index is 0.157. The maximum atomic E-state index is 12.2. The minimum atomic E-state index is 0.157. The van der Waals surface area contributed by atoms with Gasteiger partial charge in [-0.05, 0) is 38.6 Å². The van der Waals surface area contributed by atoms with Crippen LogP contribution in [0.4, 0.5) is 0 Å². The molecule has 2 rings (SSSR count). The molecule has 2 saturated heterocycles. The van der Waals surface area contributed by atoms with Crippen molar-refractivity contribution < 1.29 is 9.53 Å². The Bertz CT molecular complexity index is 299. The third-order valence-electron chi connectivity index (χ3n) is 4.57. The summed E-state index contributed by atoms with van der Waals surface area (Å²) >= 11 is 0. The van der Waals surface area contributed by atoms with Crippen LogP contribution in [0, 0.1) is 5.92 Å². The Labute approximate surface area is 122 Å². The zero-order chi connectivity index (χ0) is 14.4. The molecule has 5 nitrogen and oxygen atoms in total. The Hall–Kier alpha value is -0.650. The summed E-state index contributed by atoms with van der Waals surface area (Å²) in [6.45, 7) is 5.13. The van der Waals surface area contributed by atoms with E-state index < -0.39 is 0 Å². The Morgan fingerprint density at radius 2 is 2.15 bits per heavy atom. The summed E-state index contributed by atoms with van der Waals surface area (Å²) in [5.74, 6) is 0.856. The summed E-state index contributed by atoms with van der Waals surface area (Å²) in [4.78, 5) is 16.5. The molecule has 0 aliphatic carbocycles. The predicted molar refractivity (Wildman–Crippen MR) is 79.4 cm³/mol. The highest BCUT2D eigenvalue weighted by Crippen LogP contribution is 2.17. The van der Waals surface area contributed by atoms with Crippen LogP contribution in [0.2, 0.25) is 0 Å². The summed E-state index contributed by atoms with van der Waals surface area (Å²) in [7, 11) is 2.09. The summed E-state index contributed by atoms with van der Waals surface area (Å²) in [6.07, 6.45) is 5.23. The highest BCUT2D eigenvalue weighted by atomic mass is 16.5. The van der Waals surface area contributed by atoms with Gasteiger partial charge in [0, 0.05) is 45.2 Å². The molecule has 0 radical (unpaired) electrons. The maximum absolute atomic E-state index is 12.2. The summed E-state index contributed by atoms with van der Waals surface area (Å²) in [6, 6.07) is 0.157. The van der Waals surface area contributed by atoms with Crippen LogP contribution in [0.15, 0.2) is 0 Å². The number of hydrogen-bond donors (Lipinski definition) is 1. The smallest absolute Gasteiger partial charge is 0.224 e. The first-order chi connectivity index (χ1) is 9.70. The van der Waals surface area contributed by atoms with Crippen LogP contribution in [0.1, 0.15) is 32.1 Å². The third kappa shape index (κ3) is 4.43. The lowest BCUT2D eigenvalue weighted by atomic mass is 10.0. The van der Waals surface area contributed by atoms with Gasteiger partial charge in [-0.15, -0.1) is 0 Å². The minimum Gasteiger partial charge on any atom is -0.381 e. The molecule has 2 N–H and O–H groups in total. The fraction of sp³-hybridized carbons (Fsp3) is 0.933. The van der Waals surface area contributed by atoms with Crippen LogP contribution in [0.25, 0.3) is 0 Å². The summed E-state index contributed by atoms with van der Waals surface area (Å²) < 4.78 is 5.53. The molecule has 0 spiro atoms. The fourth-order valence-electron chi connectivity index (χ4n) is 3.22. The molecule has 2 fully saturated rings. The van der Waals surface area contributed by atoms with Gasteiger partial charge < -0.3 is 20.3 Å². The maximum Gasteiger partial charge on any atom is 0.224 e. The monoisotopic (exact) mass is 283 g/mol. The van der Waals surface area contributed by atoms with Crippen LogP contribution in [-0.2, 0) is 9.53 Å². The molecule has 2 heterocycles. The number of amides is 1. The second kappa shape index (κ2) is 7.96. The van der Waals surface area contributed by atoms with Gasteiger partial charge in [-0.25, -0.2) is 0 Å². The van der Waals surface area contributed by atoms with Crippen molar-refractivity contribution in [3.63, 3.8) is 0 Å². The molecule has 1 amide bonds. The van der Waals surface area contributed by atoms with Gasteiger partial charge in [-0.1, -0.05) is 0 Å². The van der Waals surface area contributed by atoms with Crippen molar-refractivity contribution in [2.24, 2.45) is 11.7 Å². The Balaban J connectivity index is 1.78. The Morgan fingerprint density at radius 1 is 1.40 bits per heavy atom. The van der Waals surface area contributed by atoms with Gasteiger partial charge in [0.25, 0.3) is 0 Å². The molecule has 0 aromatic heterocycles. The van der Waals surface area contributed by atoms with E-state index in [0.717, 1.165) is 52.1 Å². The molecule has 116 valence electrons. The van der Waals surface area contributed by atoms with Crippen LogP contribution in [-0.4, -0.2) is 68.2 Å². The fourth-order valence-corrected chi connectivity index (χ4v) is 3.22. The normalized spacial score (nSPS) is 25.1. The van der Waals surface area contributed by atoms with E-state index >= 15 is 0 Å². The van der Waals surface area contributed by atoms with Gasteiger partial charge >= 0.3 is 0 Å². The number of nitrogens with two attached hydrogens (primary N) is 1. The average molecular weight is 283 g/mol. The van der Waals surface area contributed by atoms with Gasteiger partial charge in [0.15, 0.2) is 0 Å². The van der Waals surface area contributed by atoms with E-state index in [4.69, 9.17) is 10.5 Å². The molecule has 2 aliphatic rings. The Kier molecular flexibility index (Phi) is 6.26. The van der Waals surface area contributed by atoms with Gasteiger partial charge in [0.2, 0.25) is 5.91 Å². The van der Waals surface area contributed by atoms with Crippen molar-refractivity contribution in [3.05, 3.63) is 0 Å². The van der Waals surface area contributed by atoms with E-state index in [1.807, 2.05) is 4.90 Å². The predicted octanol–water partition coefficient (Wildman–Crippen LogP) is 0.685. The highest BCUT2D eigenvalue weighted by molar-refractivity contribution is 5.77. The van der Waals surface area contributed by atoms with Crippen molar-refractivity contribution in [1.82, 2.24) is 9.80 Å². The number of rotatable bonds is 6. The largest absolute Gasteiger partial charge is 0.381 e. The van der Waals surface area contributed by atoms with Gasteiger partial charge in [0.05, 0.1) is 6.61 Å². The van der Waals surface area contributed by atoms with Crippen molar-refractivity contribution in [2.75, 3.05) is 46.4 Å². The number of hydrogen-bond acceptors (Lipinski definition) is 4. The summed E-state index contributed by atoms with van der Waals surface area (Å²) in [5.41, 5.74) is 5.88. The Morgan fingerprint density at radius 3 is 2.75 bits per heavy atom. The molecule has 0 saturated carbocycles. The van der Waals surface area contributed by atoms with Crippen LogP contribution < -0.4 is 5.73 Å². The van der Waals surface area contributed by atoms with Crippen LogP contribution >= 0.6 is 0 Å². The number of carbonyl (C=O) groups is 1. The number of likely N-dealkylation sites (tertiary alicyclic amines) is 1. The molecule has 0 aromatic carbocycles. The lowest BCUT2D eigenvalue weighted by Crippen LogP contribution is -2.45. The topological polar surface area (TPSA) is 58.8 Å². The molecule has 2 aliphatic heterocycles. The van der Waals surface area contributed by atoms with E-state index in [1.54, 1.807) is 0 Å². The average Bonchev–Trinajstić information content (AvgIpc) is 2.99. The highest BCUT2D eigenvalue weighted by Gasteiger charge is 2.25. The first kappa shape index (κ1) is 15.7. The number of carbonyl (C=O) groups excluding carboxylic acids is 1. The number of nitrogens with zero attached hydrogens (tertiary/aromatic N) is 2. The summed E-state index contributed by atoms with van der Waals surface area (Å²) in [5, 5.41) is 0. The van der Waals surface area contributed by atoms with Crippen molar-refractivity contribution in [1.29, 1.82) is 0 Å². The molecular formula is C15H29N3O2. The standard InChI is InChI=1S/C15H29N3O2/c1-17(11-13-5-4-8-20-12-13)14(10-16)9-15(19)18-6-2-3-7-18/h13-14H,2-12,16H2,1H3. The second-order valence-corrected chi connectivity index (χ2v) is 6.20. The van der Waals surface area contributed by atoms with E-state index in [-0.39, 0.29) is 11.9 Å². The van der Waals surface area contributed by atoms with Gasteiger partial charge in [-0.2, -0.15) is 0 Å². The molecule has 0 aromatic rings. The first-order valence-corrected chi connectivity index (χ1v) is 7.96. The van der Waals surface area contributed by atoms with Gasteiger partial charge in [0.1, 0.15) is 0 Å². The van der Waals surface area contributed by atoms with E-state index in [0.29, 0.717) is 18.9 Å². The lowest BCUT2D eigenvalue weighted by Gasteiger charge is -2.32. The molecule has 2 unspecified atom stereocenters. The quantitative estimate of drug-likeness (QED) is 0.779. The molecule has 2 atom stereocenters. The van der Waals surface area contributed by atoms with E-state index in [2.05, 4.69) is 11.9 Å². The third-order valence-corrected chi connectivity index (χ3v) is 4.57. The van der Waals surface area contributed by atoms with E-state index in [9.17, 15) is 4.79 Å². The number of ether oxygens (including phenoxy) is 1.